The summed E-state index contributed by atoms with van der Waals surface area (Å²) in [6.45, 7) is 8.94. The number of aliphatic carboxylic acids is 1. The molecule has 0 radical (unpaired) electrons. The quantitative estimate of drug-likeness (QED) is 0.198. The van der Waals surface area contributed by atoms with E-state index in [0.717, 1.165) is 38.8 Å². The lowest BCUT2D eigenvalue weighted by atomic mass is 10.0. The first-order valence-corrected chi connectivity index (χ1v) is 13.3. The highest BCUT2D eigenvalue weighted by Crippen LogP contribution is 2.29. The van der Waals surface area contributed by atoms with Crippen molar-refractivity contribution in [1.29, 1.82) is 0 Å². The van der Waals surface area contributed by atoms with Crippen LogP contribution >= 0.6 is 0 Å². The molecular formula is C30H37N5O4. The Morgan fingerprint density at radius 2 is 1.90 bits per heavy atom. The number of hydrogen-bond donors (Lipinski definition) is 4. The highest BCUT2D eigenvalue weighted by Gasteiger charge is 2.21. The van der Waals surface area contributed by atoms with E-state index in [2.05, 4.69) is 15.7 Å². The van der Waals surface area contributed by atoms with Gasteiger partial charge in [-0.15, -0.1) is 0 Å². The molecule has 0 bridgehead atoms. The number of amides is 1. The van der Waals surface area contributed by atoms with E-state index in [4.69, 9.17) is 5.11 Å². The van der Waals surface area contributed by atoms with Crippen LogP contribution in [0.15, 0.2) is 55.0 Å². The van der Waals surface area contributed by atoms with Gasteiger partial charge in [-0.2, -0.15) is 5.10 Å². The molecule has 0 saturated carbocycles. The topological polar surface area (TPSA) is 121 Å². The van der Waals surface area contributed by atoms with Crippen LogP contribution in [0.1, 0.15) is 65.3 Å². The number of hydrogen-bond acceptors (Lipinski definition) is 5. The number of rotatable bonds is 12. The molecule has 2 heterocycles. The van der Waals surface area contributed by atoms with Gasteiger partial charge in [0.1, 0.15) is 6.23 Å². The van der Waals surface area contributed by atoms with E-state index in [1.165, 1.54) is 0 Å². The molecule has 206 valence electrons. The lowest BCUT2D eigenvalue weighted by Crippen LogP contribution is -2.29. The Bertz CT molecular complexity index is 1470. The van der Waals surface area contributed by atoms with Crippen LogP contribution in [0, 0.1) is 13.8 Å². The molecule has 4 N–H and O–H groups in total. The summed E-state index contributed by atoms with van der Waals surface area (Å²) in [5.41, 5.74) is 6.28. The van der Waals surface area contributed by atoms with Gasteiger partial charge >= 0.3 is 5.97 Å². The van der Waals surface area contributed by atoms with Crippen molar-refractivity contribution in [2.75, 3.05) is 11.9 Å². The Hall–Kier alpha value is -4.11. The molecule has 0 fully saturated rings. The maximum Gasteiger partial charge on any atom is 0.303 e. The molecule has 2 unspecified atom stereocenters. The number of aryl methyl sites for hydroxylation is 3. The first-order chi connectivity index (χ1) is 18.7. The number of carboxylic acid groups (broad SMARTS) is 1. The van der Waals surface area contributed by atoms with Gasteiger partial charge in [0.2, 0.25) is 0 Å². The van der Waals surface area contributed by atoms with Crippen LogP contribution in [0.3, 0.4) is 0 Å². The smallest absolute Gasteiger partial charge is 0.303 e. The zero-order chi connectivity index (χ0) is 28.1. The van der Waals surface area contributed by atoms with Crippen molar-refractivity contribution in [1.82, 2.24) is 19.7 Å². The van der Waals surface area contributed by atoms with E-state index in [1.807, 2.05) is 91.9 Å². The molecule has 9 heteroatoms. The Balaban J connectivity index is 1.61. The molecule has 9 nitrogen and oxygen atoms in total. The zero-order valence-corrected chi connectivity index (χ0v) is 22.9. The summed E-state index contributed by atoms with van der Waals surface area (Å²) in [7, 11) is 0. The Morgan fingerprint density at radius 3 is 2.59 bits per heavy atom. The van der Waals surface area contributed by atoms with Crippen molar-refractivity contribution in [2.24, 2.45) is 0 Å². The maximum absolute atomic E-state index is 12.5. The van der Waals surface area contributed by atoms with E-state index in [1.54, 1.807) is 0 Å². The summed E-state index contributed by atoms with van der Waals surface area (Å²) < 4.78 is 3.85. The number of nitrogens with one attached hydrogen (secondary N) is 2. The predicted octanol–water partition coefficient (Wildman–Crippen LogP) is 4.65. The van der Waals surface area contributed by atoms with Crippen LogP contribution in [0.25, 0.3) is 10.9 Å². The number of nitrogens with zero attached hydrogens (tertiary/aromatic N) is 3. The molecule has 2 aromatic heterocycles. The third-order valence-corrected chi connectivity index (χ3v) is 6.95. The Kier molecular flexibility index (Phi) is 8.71. The average molecular weight is 532 g/mol. The summed E-state index contributed by atoms with van der Waals surface area (Å²) in [4.78, 5) is 23.5. The van der Waals surface area contributed by atoms with E-state index in [-0.39, 0.29) is 18.4 Å². The van der Waals surface area contributed by atoms with Gasteiger partial charge in [-0.3, -0.25) is 14.3 Å². The van der Waals surface area contributed by atoms with Crippen LogP contribution < -0.4 is 10.6 Å². The van der Waals surface area contributed by atoms with Crippen LogP contribution in [-0.4, -0.2) is 49.2 Å². The summed E-state index contributed by atoms with van der Waals surface area (Å²) in [5, 5.41) is 32.0. The van der Waals surface area contributed by atoms with Crippen LogP contribution in [0.5, 0.6) is 0 Å². The number of aromatic nitrogens is 3. The number of anilines is 1. The number of carbonyl (C=O) groups is 2. The van der Waals surface area contributed by atoms with Crippen molar-refractivity contribution < 1.29 is 19.8 Å². The molecule has 0 spiro atoms. The average Bonchev–Trinajstić information content (AvgIpc) is 3.46. The van der Waals surface area contributed by atoms with Gasteiger partial charge < -0.3 is 25.4 Å². The van der Waals surface area contributed by atoms with E-state index < -0.39 is 12.2 Å². The van der Waals surface area contributed by atoms with Gasteiger partial charge in [0.05, 0.1) is 18.8 Å². The van der Waals surface area contributed by atoms with Crippen molar-refractivity contribution >= 4 is 28.5 Å². The normalized spacial score (nSPS) is 12.8. The highest BCUT2D eigenvalue weighted by molar-refractivity contribution is 5.98. The summed E-state index contributed by atoms with van der Waals surface area (Å²) in [6, 6.07) is 11.3. The lowest BCUT2D eigenvalue weighted by molar-refractivity contribution is -0.137. The summed E-state index contributed by atoms with van der Waals surface area (Å²) in [5.74, 6) is -0.961. The fraction of sp³-hybridized carbons (Fsp3) is 0.367. The minimum Gasteiger partial charge on any atom is -0.481 e. The van der Waals surface area contributed by atoms with Crippen molar-refractivity contribution in [3.05, 3.63) is 82.8 Å². The minimum absolute atomic E-state index is 0.0787. The van der Waals surface area contributed by atoms with Gasteiger partial charge in [0.25, 0.3) is 5.91 Å². The first kappa shape index (κ1) is 27.9. The monoisotopic (exact) mass is 531 g/mol. The molecule has 0 saturated heterocycles. The maximum atomic E-state index is 12.5. The third kappa shape index (κ3) is 6.67. The molecule has 4 rings (SSSR count). The molecule has 0 aliphatic heterocycles. The number of fused-ring (bicyclic) bond motifs is 1. The number of aliphatic hydroxyl groups is 1. The molecule has 2 atom stereocenters. The number of aliphatic hydroxyl groups excluding tert-OH is 1. The number of benzene rings is 2. The molecule has 39 heavy (non-hydrogen) atoms. The van der Waals surface area contributed by atoms with E-state index in [9.17, 15) is 14.7 Å². The molecule has 1 amide bonds. The van der Waals surface area contributed by atoms with Gasteiger partial charge in [-0.25, -0.2) is 0 Å². The minimum atomic E-state index is -0.950. The largest absolute Gasteiger partial charge is 0.481 e. The molecule has 2 aromatic carbocycles. The third-order valence-electron chi connectivity index (χ3n) is 6.95. The fourth-order valence-corrected chi connectivity index (χ4v) is 4.84. The second-order valence-corrected chi connectivity index (χ2v) is 10.1. The SMILES string of the molecule is CCNC(=O)c1ccc2c(C)cn(C(C)C(O)Nc3cc(Cn4cc(C)cn4)ccc3CCCC(=O)O)c2c1. The Morgan fingerprint density at radius 1 is 1.10 bits per heavy atom. The lowest BCUT2D eigenvalue weighted by Gasteiger charge is -2.25. The molecule has 4 aromatic rings. The van der Waals surface area contributed by atoms with Crippen LogP contribution in [0.2, 0.25) is 0 Å². The second kappa shape index (κ2) is 12.2. The Labute approximate surface area is 228 Å². The van der Waals surface area contributed by atoms with Crippen molar-refractivity contribution in [3.8, 4) is 0 Å². The zero-order valence-electron chi connectivity index (χ0n) is 22.9. The summed E-state index contributed by atoms with van der Waals surface area (Å²) >= 11 is 0. The number of carboxylic acids is 1. The van der Waals surface area contributed by atoms with Gasteiger partial charge in [0.15, 0.2) is 0 Å². The van der Waals surface area contributed by atoms with Gasteiger partial charge in [-0.05, 0) is 81.0 Å². The van der Waals surface area contributed by atoms with Crippen LogP contribution in [-0.2, 0) is 17.8 Å². The summed E-state index contributed by atoms with van der Waals surface area (Å²) in [6.07, 6.45) is 5.97. The molecule has 0 aliphatic carbocycles. The molecule has 0 aliphatic rings. The predicted molar refractivity (Wildman–Crippen MR) is 152 cm³/mol. The standard InChI is InChI=1S/C30H37N5O4/c1-5-31-30(39)24-11-12-25-20(3)17-35(27(25)14-24)21(4)29(38)33-26-13-22(18-34-16-19(2)15-32-34)9-10-23(26)7-6-8-28(36)37/h9-17,21,29,33,38H,5-8,18H2,1-4H3,(H,31,39)(H,36,37). The van der Waals surface area contributed by atoms with Crippen LogP contribution in [0.4, 0.5) is 5.69 Å². The first-order valence-electron chi connectivity index (χ1n) is 13.3. The second-order valence-electron chi connectivity index (χ2n) is 10.1. The van der Waals surface area contributed by atoms with Crippen molar-refractivity contribution in [3.63, 3.8) is 0 Å². The van der Waals surface area contributed by atoms with Gasteiger partial charge in [0, 0.05) is 47.5 Å². The highest BCUT2D eigenvalue weighted by atomic mass is 16.4. The molecular weight excluding hydrogens is 494 g/mol. The fourth-order valence-electron chi connectivity index (χ4n) is 4.84. The van der Waals surface area contributed by atoms with Crippen molar-refractivity contribution in [2.45, 2.75) is 65.8 Å². The van der Waals surface area contributed by atoms with E-state index >= 15 is 0 Å². The number of carbonyl (C=O) groups excluding carboxylic acids is 1. The van der Waals surface area contributed by atoms with E-state index in [0.29, 0.717) is 31.5 Å². The van der Waals surface area contributed by atoms with Gasteiger partial charge in [-0.1, -0.05) is 18.2 Å².